The first kappa shape index (κ1) is 23.8. The van der Waals surface area contributed by atoms with Crippen LogP contribution in [-0.4, -0.2) is 42.6 Å². The van der Waals surface area contributed by atoms with Gasteiger partial charge < -0.3 is 10.2 Å². The van der Waals surface area contributed by atoms with Gasteiger partial charge in [-0.2, -0.15) is 0 Å². The molecule has 1 aliphatic carbocycles. The first-order valence-corrected chi connectivity index (χ1v) is 9.87. The van der Waals surface area contributed by atoms with E-state index < -0.39 is 28.6 Å². The van der Waals surface area contributed by atoms with Crippen LogP contribution in [0, 0.1) is 5.41 Å². The summed E-state index contributed by atoms with van der Waals surface area (Å²) >= 11 is 5.58. The lowest BCUT2D eigenvalue weighted by Crippen LogP contribution is -2.33. The predicted molar refractivity (Wildman–Crippen MR) is 115 cm³/mol. The Balaban J connectivity index is 0.000000224. The van der Waals surface area contributed by atoms with E-state index in [1.807, 2.05) is 0 Å². The standard InChI is InChI=1S/C12H15ClO4.C9H7N3O2/c1-8-5-9(10(14)15)7-12(6-8,11(16)17)3-2-4-13;13-8-3-6-12(9(14)11-8)7-1-4-10-5-2-7/h5-6H,2-4,7H2,1H3,(H,14,15)(H,16,17);1-6H,(H,11,13,14). The number of hydrogen-bond acceptors (Lipinski definition) is 5. The van der Waals surface area contributed by atoms with Crippen molar-refractivity contribution in [1.29, 1.82) is 0 Å². The summed E-state index contributed by atoms with van der Waals surface area (Å²) in [5, 5.41) is 18.3. The number of pyridine rings is 1. The van der Waals surface area contributed by atoms with Gasteiger partial charge in [0.2, 0.25) is 0 Å². The summed E-state index contributed by atoms with van der Waals surface area (Å²) in [5.41, 5.74) is -0.501. The maximum absolute atomic E-state index is 11.4. The Morgan fingerprint density at radius 2 is 1.90 bits per heavy atom. The Morgan fingerprint density at radius 3 is 2.45 bits per heavy atom. The molecular weight excluding hydrogens is 426 g/mol. The number of halogens is 1. The lowest BCUT2D eigenvalue weighted by atomic mass is 9.73. The minimum Gasteiger partial charge on any atom is -0.481 e. The molecule has 3 N–H and O–H groups in total. The maximum atomic E-state index is 11.4. The Bertz CT molecular complexity index is 1120. The van der Waals surface area contributed by atoms with Gasteiger partial charge in [0, 0.05) is 36.1 Å². The molecule has 2 aromatic heterocycles. The molecule has 1 atom stereocenters. The lowest BCUT2D eigenvalue weighted by molar-refractivity contribution is -0.146. The normalized spacial score (nSPS) is 17.6. The molecule has 9 nitrogen and oxygen atoms in total. The summed E-state index contributed by atoms with van der Waals surface area (Å²) in [7, 11) is 0. The highest BCUT2D eigenvalue weighted by atomic mass is 35.5. The zero-order chi connectivity index (χ0) is 23.0. The van der Waals surface area contributed by atoms with Gasteiger partial charge in [-0.3, -0.25) is 24.1 Å². The number of aliphatic carboxylic acids is 2. The highest BCUT2D eigenvalue weighted by molar-refractivity contribution is 6.17. The van der Waals surface area contributed by atoms with E-state index in [0.717, 1.165) is 0 Å². The average Bonchev–Trinajstić information content (AvgIpc) is 2.73. The van der Waals surface area contributed by atoms with Crippen molar-refractivity contribution in [2.24, 2.45) is 5.41 Å². The van der Waals surface area contributed by atoms with E-state index in [1.165, 1.54) is 22.9 Å². The highest BCUT2D eigenvalue weighted by Crippen LogP contribution is 2.38. The Labute approximate surface area is 182 Å². The molecule has 0 aromatic carbocycles. The lowest BCUT2D eigenvalue weighted by Gasteiger charge is -2.29. The van der Waals surface area contributed by atoms with Crippen LogP contribution in [0.5, 0.6) is 0 Å². The fraction of sp³-hybridized carbons (Fsp3) is 0.286. The van der Waals surface area contributed by atoms with Gasteiger partial charge in [-0.1, -0.05) is 11.6 Å². The first-order valence-electron chi connectivity index (χ1n) is 9.33. The van der Waals surface area contributed by atoms with Crippen LogP contribution in [0.1, 0.15) is 26.2 Å². The van der Waals surface area contributed by atoms with Crippen LogP contribution in [0.4, 0.5) is 0 Å². The third kappa shape index (κ3) is 6.26. The van der Waals surface area contributed by atoms with E-state index in [1.54, 1.807) is 37.5 Å². The van der Waals surface area contributed by atoms with E-state index in [2.05, 4.69) is 9.97 Å². The van der Waals surface area contributed by atoms with Crippen molar-refractivity contribution in [1.82, 2.24) is 14.5 Å². The molecule has 0 amide bonds. The molecule has 1 unspecified atom stereocenters. The number of nitrogens with one attached hydrogen (secondary N) is 1. The topological polar surface area (TPSA) is 142 Å². The second-order valence-electron chi connectivity index (χ2n) is 6.98. The van der Waals surface area contributed by atoms with Gasteiger partial charge >= 0.3 is 17.6 Å². The molecule has 0 saturated carbocycles. The molecule has 164 valence electrons. The van der Waals surface area contributed by atoms with Gasteiger partial charge in [0.05, 0.1) is 11.1 Å². The number of H-pyrrole nitrogens is 1. The van der Waals surface area contributed by atoms with Crippen molar-refractivity contribution in [2.45, 2.75) is 26.2 Å². The van der Waals surface area contributed by atoms with Crippen LogP contribution in [0.25, 0.3) is 5.69 Å². The quantitative estimate of drug-likeness (QED) is 0.577. The van der Waals surface area contributed by atoms with Crippen molar-refractivity contribution >= 4 is 23.5 Å². The van der Waals surface area contributed by atoms with E-state index in [0.29, 0.717) is 30.0 Å². The van der Waals surface area contributed by atoms with Crippen molar-refractivity contribution in [3.63, 3.8) is 0 Å². The van der Waals surface area contributed by atoms with Crippen LogP contribution in [0.2, 0.25) is 0 Å². The number of carbonyl (C=O) groups is 2. The van der Waals surface area contributed by atoms with E-state index in [9.17, 15) is 24.3 Å². The summed E-state index contributed by atoms with van der Waals surface area (Å²) in [5.74, 6) is -1.68. The number of nitrogens with zero attached hydrogens (tertiary/aromatic N) is 2. The van der Waals surface area contributed by atoms with Crippen molar-refractivity contribution < 1.29 is 19.8 Å². The fourth-order valence-corrected chi connectivity index (χ4v) is 3.38. The first-order chi connectivity index (χ1) is 14.7. The predicted octanol–water partition coefficient (Wildman–Crippen LogP) is 2.36. The molecule has 10 heteroatoms. The number of alkyl halides is 1. The summed E-state index contributed by atoms with van der Waals surface area (Å²) in [4.78, 5) is 50.5. The Morgan fingerprint density at radius 1 is 1.23 bits per heavy atom. The summed E-state index contributed by atoms with van der Waals surface area (Å²) < 4.78 is 1.34. The van der Waals surface area contributed by atoms with Gasteiger partial charge in [-0.05, 0) is 44.4 Å². The highest BCUT2D eigenvalue weighted by Gasteiger charge is 2.39. The zero-order valence-electron chi connectivity index (χ0n) is 16.7. The van der Waals surface area contributed by atoms with Crippen molar-refractivity contribution in [2.75, 3.05) is 5.88 Å². The molecule has 2 aromatic rings. The van der Waals surface area contributed by atoms with Crippen LogP contribution < -0.4 is 11.2 Å². The van der Waals surface area contributed by atoms with Gasteiger partial charge in [-0.25, -0.2) is 9.59 Å². The number of aromatic nitrogens is 3. The fourth-order valence-electron chi connectivity index (χ4n) is 3.24. The second kappa shape index (κ2) is 10.5. The largest absolute Gasteiger partial charge is 0.481 e. The van der Waals surface area contributed by atoms with Crippen molar-refractivity contribution in [3.05, 3.63) is 80.9 Å². The monoisotopic (exact) mass is 447 g/mol. The van der Waals surface area contributed by atoms with Crippen LogP contribution in [0.3, 0.4) is 0 Å². The molecule has 0 fully saturated rings. The van der Waals surface area contributed by atoms with Crippen LogP contribution >= 0.6 is 11.6 Å². The van der Waals surface area contributed by atoms with Gasteiger partial charge in [-0.15, -0.1) is 11.6 Å². The third-order valence-electron chi connectivity index (χ3n) is 4.63. The molecule has 31 heavy (non-hydrogen) atoms. The minimum absolute atomic E-state index is 0.0197. The SMILES string of the molecule is CC1=CC(CCCCl)(C(=O)O)CC(C(=O)O)=C1.O=c1ccn(-c2ccncc2)c(=O)[nH]1. The van der Waals surface area contributed by atoms with Crippen molar-refractivity contribution in [3.8, 4) is 5.69 Å². The number of hydrogen-bond donors (Lipinski definition) is 3. The molecule has 0 aliphatic heterocycles. The van der Waals surface area contributed by atoms with E-state index in [4.69, 9.17) is 16.7 Å². The number of allylic oxidation sites excluding steroid dienone is 2. The minimum atomic E-state index is -1.12. The van der Waals surface area contributed by atoms with Gasteiger partial charge in [0.1, 0.15) is 0 Å². The molecule has 3 rings (SSSR count). The Hall–Kier alpha value is -3.46. The summed E-state index contributed by atoms with van der Waals surface area (Å²) in [6, 6.07) is 4.65. The molecular formula is C21H22ClN3O6. The number of rotatable bonds is 6. The Kier molecular flexibility index (Phi) is 8.09. The maximum Gasteiger partial charge on any atom is 0.332 e. The van der Waals surface area contributed by atoms with E-state index >= 15 is 0 Å². The number of carboxylic acids is 2. The summed E-state index contributed by atoms with van der Waals surface area (Å²) in [6.45, 7) is 1.71. The molecule has 0 spiro atoms. The molecule has 2 heterocycles. The molecule has 1 aliphatic rings. The van der Waals surface area contributed by atoms with E-state index in [-0.39, 0.29) is 12.0 Å². The zero-order valence-corrected chi connectivity index (χ0v) is 17.5. The molecule has 0 saturated heterocycles. The summed E-state index contributed by atoms with van der Waals surface area (Å²) in [6.07, 6.45) is 8.65. The molecule has 0 radical (unpaired) electrons. The van der Waals surface area contributed by atoms with Gasteiger partial charge in [0.15, 0.2) is 0 Å². The number of aromatic amines is 1. The number of carboxylic acid groups (broad SMARTS) is 2. The second-order valence-corrected chi connectivity index (χ2v) is 7.36. The van der Waals surface area contributed by atoms with Crippen LogP contribution in [0.15, 0.2) is 69.7 Å². The average molecular weight is 448 g/mol. The van der Waals surface area contributed by atoms with Gasteiger partial charge in [0.25, 0.3) is 5.56 Å². The van der Waals surface area contributed by atoms with Crippen LogP contribution in [-0.2, 0) is 9.59 Å². The smallest absolute Gasteiger partial charge is 0.332 e. The molecule has 0 bridgehead atoms. The third-order valence-corrected chi connectivity index (χ3v) is 4.90.